The molecule has 2 heteroatoms. The maximum atomic E-state index is 12.5. The zero-order chi connectivity index (χ0) is 14.6. The first-order valence-electron chi connectivity index (χ1n) is 7.05. The molecule has 0 saturated carbocycles. The lowest BCUT2D eigenvalue weighted by atomic mass is 9.86. The van der Waals surface area contributed by atoms with Crippen molar-refractivity contribution in [2.24, 2.45) is 0 Å². The van der Waals surface area contributed by atoms with Gasteiger partial charge in [-0.15, -0.1) is 0 Å². The van der Waals surface area contributed by atoms with Crippen molar-refractivity contribution in [3.8, 4) is 0 Å². The molecule has 0 aromatic rings. The van der Waals surface area contributed by atoms with Crippen LogP contribution in [0.25, 0.3) is 0 Å². The minimum absolute atomic E-state index is 0.162. The number of methoxy groups -OCH3 is 1. The molecule has 0 amide bonds. The van der Waals surface area contributed by atoms with Gasteiger partial charge in [0.2, 0.25) is 0 Å². The Hall–Kier alpha value is -1.15. The van der Waals surface area contributed by atoms with E-state index in [1.54, 1.807) is 7.11 Å². The molecule has 1 unspecified atom stereocenters. The van der Waals surface area contributed by atoms with Gasteiger partial charge in [0.05, 0.1) is 0 Å². The van der Waals surface area contributed by atoms with Crippen LogP contribution in [0.2, 0.25) is 0 Å². The molecule has 1 aliphatic rings. The number of carbonyl (C=O) groups excluding carboxylic acids is 1. The van der Waals surface area contributed by atoms with Crippen LogP contribution in [-0.2, 0) is 9.53 Å². The Bertz CT molecular complexity index is 452. The number of hydrogen-bond acceptors (Lipinski definition) is 2. The summed E-state index contributed by atoms with van der Waals surface area (Å²) in [6.07, 6.45) is 6.98. The van der Waals surface area contributed by atoms with Gasteiger partial charge < -0.3 is 4.74 Å². The topological polar surface area (TPSA) is 26.3 Å². The number of ether oxygens (including phenoxy) is 1. The Morgan fingerprint density at radius 3 is 2.47 bits per heavy atom. The third-order valence-electron chi connectivity index (χ3n) is 4.24. The maximum Gasteiger partial charge on any atom is 0.187 e. The predicted octanol–water partition coefficient (Wildman–Crippen LogP) is 4.37. The zero-order valence-electron chi connectivity index (χ0n) is 13.1. The SMILES string of the molecule is C/C=C/C/C(CCC)=C1\C(=O)C(C)=C(C)C1(C)OC. The van der Waals surface area contributed by atoms with Gasteiger partial charge in [0, 0.05) is 12.7 Å². The molecule has 0 aliphatic heterocycles. The van der Waals surface area contributed by atoms with Gasteiger partial charge in [-0.1, -0.05) is 31.1 Å². The van der Waals surface area contributed by atoms with Crippen LogP contribution in [0.3, 0.4) is 0 Å². The van der Waals surface area contributed by atoms with Gasteiger partial charge in [0.25, 0.3) is 0 Å². The van der Waals surface area contributed by atoms with Crippen LogP contribution in [0.4, 0.5) is 0 Å². The number of Topliss-reactive ketones (excluding diaryl/α,β-unsaturated/α-hetero) is 1. The lowest BCUT2D eigenvalue weighted by Gasteiger charge is -2.28. The summed E-state index contributed by atoms with van der Waals surface area (Å²) < 4.78 is 5.71. The molecule has 1 aliphatic carbocycles. The quantitative estimate of drug-likeness (QED) is 0.543. The highest BCUT2D eigenvalue weighted by Gasteiger charge is 2.44. The van der Waals surface area contributed by atoms with E-state index in [1.165, 1.54) is 5.57 Å². The Kier molecular flexibility index (Phi) is 5.30. The number of allylic oxidation sites excluding steroid dienone is 4. The van der Waals surface area contributed by atoms with E-state index in [0.717, 1.165) is 36.0 Å². The second-order valence-electron chi connectivity index (χ2n) is 5.32. The van der Waals surface area contributed by atoms with Crippen LogP contribution in [0.5, 0.6) is 0 Å². The molecule has 0 bridgehead atoms. The van der Waals surface area contributed by atoms with Gasteiger partial charge in [0.1, 0.15) is 5.60 Å². The molecule has 19 heavy (non-hydrogen) atoms. The third-order valence-corrected chi connectivity index (χ3v) is 4.24. The predicted molar refractivity (Wildman–Crippen MR) is 80.2 cm³/mol. The average Bonchev–Trinajstić information content (AvgIpc) is 2.57. The lowest BCUT2D eigenvalue weighted by molar-refractivity contribution is -0.113. The summed E-state index contributed by atoms with van der Waals surface area (Å²) in [5.74, 6) is 0.162. The van der Waals surface area contributed by atoms with Crippen LogP contribution >= 0.6 is 0 Å². The number of hydrogen-bond donors (Lipinski definition) is 0. The highest BCUT2D eigenvalue weighted by atomic mass is 16.5. The summed E-state index contributed by atoms with van der Waals surface area (Å²) in [5, 5.41) is 0. The summed E-state index contributed by atoms with van der Waals surface area (Å²) >= 11 is 0. The van der Waals surface area contributed by atoms with Crippen LogP contribution in [-0.4, -0.2) is 18.5 Å². The first-order valence-corrected chi connectivity index (χ1v) is 7.05. The van der Waals surface area contributed by atoms with Crippen molar-refractivity contribution in [3.05, 3.63) is 34.4 Å². The summed E-state index contributed by atoms with van der Waals surface area (Å²) in [7, 11) is 1.69. The molecule has 0 fully saturated rings. The van der Waals surface area contributed by atoms with Gasteiger partial charge in [0.15, 0.2) is 5.78 Å². The van der Waals surface area contributed by atoms with Crippen molar-refractivity contribution in [2.45, 2.75) is 59.5 Å². The molecule has 106 valence electrons. The lowest BCUT2D eigenvalue weighted by Crippen LogP contribution is -2.31. The monoisotopic (exact) mass is 262 g/mol. The Morgan fingerprint density at radius 2 is 2.00 bits per heavy atom. The maximum absolute atomic E-state index is 12.5. The van der Waals surface area contributed by atoms with Crippen molar-refractivity contribution in [1.82, 2.24) is 0 Å². The molecule has 0 saturated heterocycles. The highest BCUT2D eigenvalue weighted by molar-refractivity contribution is 6.14. The summed E-state index contributed by atoms with van der Waals surface area (Å²) in [6.45, 7) is 10.1. The molecule has 1 rings (SSSR count). The molecular formula is C17H26O2. The van der Waals surface area contributed by atoms with E-state index in [1.807, 2.05) is 33.8 Å². The standard InChI is InChI=1S/C17H26O2/c1-7-9-11-14(10-8-2)15-16(18)12(3)13(4)17(15,5)19-6/h7,9H,8,10-11H2,1-6H3/b9-7+,15-14+. The van der Waals surface area contributed by atoms with E-state index in [2.05, 4.69) is 13.0 Å². The van der Waals surface area contributed by atoms with Gasteiger partial charge in [-0.2, -0.15) is 0 Å². The molecule has 0 radical (unpaired) electrons. The minimum atomic E-state index is -0.548. The first-order chi connectivity index (χ1) is 8.93. The molecule has 0 aromatic heterocycles. The van der Waals surface area contributed by atoms with Gasteiger partial charge in [-0.3, -0.25) is 4.79 Å². The fourth-order valence-electron chi connectivity index (χ4n) is 2.76. The van der Waals surface area contributed by atoms with Crippen LogP contribution < -0.4 is 0 Å². The van der Waals surface area contributed by atoms with Crippen molar-refractivity contribution in [3.63, 3.8) is 0 Å². The number of carbonyl (C=O) groups is 1. The van der Waals surface area contributed by atoms with Gasteiger partial charge in [-0.25, -0.2) is 0 Å². The molecule has 0 aromatic carbocycles. The molecular weight excluding hydrogens is 236 g/mol. The molecule has 1 atom stereocenters. The zero-order valence-corrected chi connectivity index (χ0v) is 13.1. The third kappa shape index (κ3) is 2.74. The van der Waals surface area contributed by atoms with E-state index >= 15 is 0 Å². The van der Waals surface area contributed by atoms with Gasteiger partial charge >= 0.3 is 0 Å². The Labute approximate surface area is 117 Å². The summed E-state index contributed by atoms with van der Waals surface area (Å²) in [5.41, 5.74) is 3.42. The van der Waals surface area contributed by atoms with Crippen molar-refractivity contribution in [1.29, 1.82) is 0 Å². The number of rotatable bonds is 5. The van der Waals surface area contributed by atoms with E-state index < -0.39 is 5.60 Å². The van der Waals surface area contributed by atoms with Crippen LogP contribution in [0.15, 0.2) is 34.4 Å². The molecule has 0 N–H and O–H groups in total. The molecule has 2 nitrogen and oxygen atoms in total. The average molecular weight is 262 g/mol. The normalized spacial score (nSPS) is 26.7. The van der Waals surface area contributed by atoms with Crippen molar-refractivity contribution in [2.75, 3.05) is 7.11 Å². The highest BCUT2D eigenvalue weighted by Crippen LogP contribution is 2.42. The van der Waals surface area contributed by atoms with Crippen molar-refractivity contribution >= 4 is 5.78 Å². The fourth-order valence-corrected chi connectivity index (χ4v) is 2.76. The van der Waals surface area contributed by atoms with E-state index in [9.17, 15) is 4.79 Å². The smallest absolute Gasteiger partial charge is 0.187 e. The molecule has 0 heterocycles. The number of ketones is 1. The first kappa shape index (κ1) is 15.9. The van der Waals surface area contributed by atoms with Crippen LogP contribution in [0, 0.1) is 0 Å². The van der Waals surface area contributed by atoms with Gasteiger partial charge in [-0.05, 0) is 51.7 Å². The summed E-state index contributed by atoms with van der Waals surface area (Å²) in [4.78, 5) is 12.5. The molecule has 0 spiro atoms. The van der Waals surface area contributed by atoms with Crippen LogP contribution in [0.1, 0.15) is 53.9 Å². The summed E-state index contributed by atoms with van der Waals surface area (Å²) in [6, 6.07) is 0. The fraction of sp³-hybridized carbons (Fsp3) is 0.588. The Morgan fingerprint density at radius 1 is 1.37 bits per heavy atom. The second-order valence-corrected chi connectivity index (χ2v) is 5.32. The largest absolute Gasteiger partial charge is 0.369 e. The Balaban J connectivity index is 3.38. The van der Waals surface area contributed by atoms with E-state index in [0.29, 0.717) is 0 Å². The second kappa shape index (κ2) is 6.33. The van der Waals surface area contributed by atoms with Crippen molar-refractivity contribution < 1.29 is 9.53 Å². The van der Waals surface area contributed by atoms with E-state index in [-0.39, 0.29) is 5.78 Å². The van der Waals surface area contributed by atoms with E-state index in [4.69, 9.17) is 4.74 Å². The minimum Gasteiger partial charge on any atom is -0.369 e.